The van der Waals surface area contributed by atoms with Gasteiger partial charge in [-0.3, -0.25) is 4.79 Å². The van der Waals surface area contributed by atoms with E-state index in [1.165, 1.54) is 0 Å². The van der Waals surface area contributed by atoms with Gasteiger partial charge in [-0.25, -0.2) is 9.59 Å². The normalized spacial score (nSPS) is 11.5. The molecule has 1 atom stereocenters. The summed E-state index contributed by atoms with van der Waals surface area (Å²) in [5.41, 5.74) is 2.23. The third kappa shape index (κ3) is 6.28. The summed E-state index contributed by atoms with van der Waals surface area (Å²) in [6.07, 6.45) is -1.05. The number of carbonyl (C=O) groups is 3. The lowest BCUT2D eigenvalue weighted by Crippen LogP contribution is -2.39. The third-order valence-corrected chi connectivity index (χ3v) is 4.69. The van der Waals surface area contributed by atoms with Crippen LogP contribution < -0.4 is 10.6 Å². The van der Waals surface area contributed by atoms with Crippen LogP contribution in [-0.2, 0) is 11.3 Å². The van der Waals surface area contributed by atoms with Gasteiger partial charge in [-0.1, -0.05) is 72.8 Å². The predicted octanol–water partition coefficient (Wildman–Crippen LogP) is 4.68. The van der Waals surface area contributed by atoms with Gasteiger partial charge in [0, 0.05) is 23.7 Å². The second-order valence-electron chi connectivity index (χ2n) is 7.60. The summed E-state index contributed by atoms with van der Waals surface area (Å²) in [4.78, 5) is 37.6. The van der Waals surface area contributed by atoms with Crippen LogP contribution in [0.1, 0.15) is 51.8 Å². The SMILES string of the molecule is CC(C)NC(=O)NCc1ccc(C(=O)OC(C(=O)c2ccccc2)c2ccccc2)cc1. The average Bonchev–Trinajstić information content (AvgIpc) is 2.81. The monoisotopic (exact) mass is 430 g/mol. The topological polar surface area (TPSA) is 84.5 Å². The van der Waals surface area contributed by atoms with Crippen molar-refractivity contribution >= 4 is 17.8 Å². The summed E-state index contributed by atoms with van der Waals surface area (Å²) >= 11 is 0. The molecular formula is C26H26N2O4. The molecule has 0 saturated carbocycles. The molecule has 6 nitrogen and oxygen atoms in total. The number of ether oxygens (including phenoxy) is 1. The van der Waals surface area contributed by atoms with E-state index in [9.17, 15) is 14.4 Å². The van der Waals surface area contributed by atoms with Gasteiger partial charge in [0.25, 0.3) is 0 Å². The van der Waals surface area contributed by atoms with Crippen LogP contribution >= 0.6 is 0 Å². The Morgan fingerprint density at radius 3 is 1.97 bits per heavy atom. The quantitative estimate of drug-likeness (QED) is 0.402. The molecule has 3 rings (SSSR count). The average molecular weight is 431 g/mol. The van der Waals surface area contributed by atoms with Gasteiger partial charge in [-0.05, 0) is 31.5 Å². The van der Waals surface area contributed by atoms with Crippen molar-refractivity contribution in [1.29, 1.82) is 0 Å². The van der Waals surface area contributed by atoms with E-state index in [1.54, 1.807) is 72.8 Å². The molecule has 2 amide bonds. The number of esters is 1. The van der Waals surface area contributed by atoms with E-state index in [2.05, 4.69) is 10.6 Å². The summed E-state index contributed by atoms with van der Waals surface area (Å²) in [5.74, 6) is -0.887. The van der Waals surface area contributed by atoms with E-state index >= 15 is 0 Å². The molecule has 6 heteroatoms. The van der Waals surface area contributed by atoms with E-state index < -0.39 is 12.1 Å². The molecule has 0 heterocycles. The molecule has 32 heavy (non-hydrogen) atoms. The number of ketones is 1. The van der Waals surface area contributed by atoms with Crippen LogP contribution in [0, 0.1) is 0 Å². The molecule has 0 aliphatic rings. The number of hydrogen-bond donors (Lipinski definition) is 2. The zero-order valence-electron chi connectivity index (χ0n) is 18.1. The van der Waals surface area contributed by atoms with Crippen molar-refractivity contribution in [2.75, 3.05) is 0 Å². The Morgan fingerprint density at radius 1 is 0.781 bits per heavy atom. The van der Waals surface area contributed by atoms with Gasteiger partial charge >= 0.3 is 12.0 Å². The molecule has 0 fully saturated rings. The lowest BCUT2D eigenvalue weighted by Gasteiger charge is -2.17. The highest BCUT2D eigenvalue weighted by Gasteiger charge is 2.26. The van der Waals surface area contributed by atoms with Crippen LogP contribution in [-0.4, -0.2) is 23.8 Å². The molecule has 0 spiro atoms. The highest BCUT2D eigenvalue weighted by molar-refractivity contribution is 6.02. The van der Waals surface area contributed by atoms with Gasteiger partial charge in [0.15, 0.2) is 6.10 Å². The number of benzene rings is 3. The first-order chi connectivity index (χ1) is 15.4. The Labute approximate surface area is 187 Å². The van der Waals surface area contributed by atoms with Crippen molar-refractivity contribution in [3.8, 4) is 0 Å². The van der Waals surface area contributed by atoms with Crippen LogP contribution in [0.5, 0.6) is 0 Å². The predicted molar refractivity (Wildman–Crippen MR) is 122 cm³/mol. The Kier molecular flexibility index (Phi) is 7.75. The smallest absolute Gasteiger partial charge is 0.339 e. The number of carbonyl (C=O) groups excluding carboxylic acids is 3. The number of Topliss-reactive ketones (excluding diaryl/α,β-unsaturated/α-hetero) is 1. The Hall–Kier alpha value is -3.93. The van der Waals surface area contributed by atoms with Crippen molar-refractivity contribution in [2.24, 2.45) is 0 Å². The molecule has 3 aromatic rings. The zero-order chi connectivity index (χ0) is 22.9. The maximum absolute atomic E-state index is 13.1. The summed E-state index contributed by atoms with van der Waals surface area (Å²) in [7, 11) is 0. The van der Waals surface area contributed by atoms with Crippen LogP contribution in [0.15, 0.2) is 84.9 Å². The highest BCUT2D eigenvalue weighted by Crippen LogP contribution is 2.24. The van der Waals surface area contributed by atoms with Gasteiger partial charge in [0.05, 0.1) is 5.56 Å². The van der Waals surface area contributed by atoms with E-state index in [0.717, 1.165) is 5.56 Å². The fourth-order valence-electron chi connectivity index (χ4n) is 3.08. The van der Waals surface area contributed by atoms with Gasteiger partial charge < -0.3 is 15.4 Å². The molecule has 0 saturated heterocycles. The number of nitrogens with one attached hydrogen (secondary N) is 2. The Morgan fingerprint density at radius 2 is 1.38 bits per heavy atom. The van der Waals surface area contributed by atoms with Crippen molar-refractivity contribution in [1.82, 2.24) is 10.6 Å². The molecule has 0 bridgehead atoms. The van der Waals surface area contributed by atoms with Crippen LogP contribution in [0.3, 0.4) is 0 Å². The summed E-state index contributed by atoms with van der Waals surface area (Å²) in [6, 6.07) is 24.2. The largest absolute Gasteiger partial charge is 0.445 e. The van der Waals surface area contributed by atoms with Gasteiger partial charge in [0.1, 0.15) is 0 Å². The fraction of sp³-hybridized carbons (Fsp3) is 0.192. The standard InChI is InChI=1S/C26H26N2O4/c1-18(2)28-26(31)27-17-19-13-15-22(16-14-19)25(30)32-24(21-11-7-4-8-12-21)23(29)20-9-5-3-6-10-20/h3-16,18,24H,17H2,1-2H3,(H2,27,28,31). The van der Waals surface area contributed by atoms with Crippen molar-refractivity contribution < 1.29 is 19.1 Å². The first-order valence-corrected chi connectivity index (χ1v) is 10.4. The van der Waals surface area contributed by atoms with Crippen molar-refractivity contribution in [3.63, 3.8) is 0 Å². The second-order valence-corrected chi connectivity index (χ2v) is 7.60. The fourth-order valence-corrected chi connectivity index (χ4v) is 3.08. The first kappa shape index (κ1) is 22.7. The summed E-state index contributed by atoms with van der Waals surface area (Å²) < 4.78 is 5.65. The zero-order valence-corrected chi connectivity index (χ0v) is 18.1. The molecule has 3 aromatic carbocycles. The molecular weight excluding hydrogens is 404 g/mol. The van der Waals surface area contributed by atoms with Crippen LogP contribution in [0.25, 0.3) is 0 Å². The van der Waals surface area contributed by atoms with Crippen molar-refractivity contribution in [2.45, 2.75) is 32.5 Å². The molecule has 0 aliphatic carbocycles. The minimum Gasteiger partial charge on any atom is -0.445 e. The molecule has 1 unspecified atom stereocenters. The van der Waals surface area contributed by atoms with Gasteiger partial charge in [0.2, 0.25) is 5.78 Å². The number of hydrogen-bond acceptors (Lipinski definition) is 4. The molecule has 0 radical (unpaired) electrons. The minimum absolute atomic E-state index is 0.0447. The first-order valence-electron chi connectivity index (χ1n) is 10.4. The Balaban J connectivity index is 1.71. The molecule has 164 valence electrons. The van der Waals surface area contributed by atoms with E-state index in [0.29, 0.717) is 23.2 Å². The minimum atomic E-state index is -1.05. The number of urea groups is 1. The number of amides is 2. The maximum Gasteiger partial charge on any atom is 0.339 e. The van der Waals surface area contributed by atoms with Gasteiger partial charge in [-0.15, -0.1) is 0 Å². The third-order valence-electron chi connectivity index (χ3n) is 4.69. The lowest BCUT2D eigenvalue weighted by molar-refractivity contribution is 0.0280. The summed E-state index contributed by atoms with van der Waals surface area (Å²) in [6.45, 7) is 4.09. The maximum atomic E-state index is 13.1. The van der Waals surface area contributed by atoms with E-state index in [-0.39, 0.29) is 17.9 Å². The van der Waals surface area contributed by atoms with E-state index in [4.69, 9.17) is 4.74 Å². The van der Waals surface area contributed by atoms with Crippen LogP contribution in [0.4, 0.5) is 4.79 Å². The van der Waals surface area contributed by atoms with Crippen LogP contribution in [0.2, 0.25) is 0 Å². The summed E-state index contributed by atoms with van der Waals surface area (Å²) in [5, 5.41) is 5.50. The highest BCUT2D eigenvalue weighted by atomic mass is 16.5. The molecule has 0 aromatic heterocycles. The molecule has 2 N–H and O–H groups in total. The van der Waals surface area contributed by atoms with Crippen molar-refractivity contribution in [3.05, 3.63) is 107 Å². The Bertz CT molecular complexity index is 1050. The second kappa shape index (κ2) is 10.9. The van der Waals surface area contributed by atoms with E-state index in [1.807, 2.05) is 26.0 Å². The molecule has 0 aliphatic heterocycles. The number of rotatable bonds is 8. The lowest BCUT2D eigenvalue weighted by atomic mass is 9.99. The van der Waals surface area contributed by atoms with Gasteiger partial charge in [-0.2, -0.15) is 0 Å².